The van der Waals surface area contributed by atoms with Gasteiger partial charge >= 0.3 is 6.09 Å². The zero-order chi connectivity index (χ0) is 23.5. The van der Waals surface area contributed by atoms with Crippen molar-refractivity contribution in [3.05, 3.63) is 47.1 Å². The molecular weight excluding hydrogens is 408 g/mol. The van der Waals surface area contributed by atoms with E-state index in [1.54, 1.807) is 17.2 Å². The topological polar surface area (TPSA) is 86.5 Å². The van der Waals surface area contributed by atoms with E-state index in [1.165, 1.54) is 0 Å². The molecule has 0 bridgehead atoms. The number of carbonyl (C=O) groups excluding carboxylic acids is 2. The van der Waals surface area contributed by atoms with Crippen molar-refractivity contribution in [3.63, 3.8) is 0 Å². The van der Waals surface area contributed by atoms with Gasteiger partial charge in [-0.3, -0.25) is 9.48 Å². The van der Waals surface area contributed by atoms with E-state index in [1.807, 2.05) is 44.5 Å². The van der Waals surface area contributed by atoms with Gasteiger partial charge in [0.1, 0.15) is 23.7 Å². The van der Waals surface area contributed by atoms with E-state index >= 15 is 0 Å². The van der Waals surface area contributed by atoms with E-state index in [0.717, 1.165) is 22.5 Å². The van der Waals surface area contributed by atoms with Crippen LogP contribution in [0.15, 0.2) is 30.0 Å². The second-order valence-electron chi connectivity index (χ2n) is 9.23. The number of aromatic nitrogens is 3. The molecule has 0 fully saturated rings. The molecule has 0 radical (unpaired) electrons. The average molecular weight is 441 g/mol. The normalized spacial score (nSPS) is 14.7. The maximum atomic E-state index is 12.7. The van der Waals surface area contributed by atoms with Crippen LogP contribution in [0.2, 0.25) is 0 Å². The molecule has 0 saturated carbocycles. The Kier molecular flexibility index (Phi) is 7.01. The van der Waals surface area contributed by atoms with Gasteiger partial charge in [-0.15, -0.1) is 0 Å². The SMILES string of the molecule is Cc1ccc(OCC2=C(c3ccnn3C(C)C)CN(C(=O)OC(C)(C)C)CC2)c(C=O)n1. The monoisotopic (exact) mass is 440 g/mol. The van der Waals surface area contributed by atoms with Gasteiger partial charge in [-0.05, 0) is 77.3 Å². The number of carbonyl (C=O) groups is 2. The lowest BCUT2D eigenvalue weighted by Gasteiger charge is -2.33. The molecule has 2 aromatic rings. The van der Waals surface area contributed by atoms with Crippen LogP contribution in [0, 0.1) is 6.92 Å². The second-order valence-corrected chi connectivity index (χ2v) is 9.23. The fourth-order valence-corrected chi connectivity index (χ4v) is 3.61. The molecule has 0 aliphatic carbocycles. The highest BCUT2D eigenvalue weighted by molar-refractivity contribution is 5.77. The molecule has 1 amide bonds. The molecule has 0 atom stereocenters. The highest BCUT2D eigenvalue weighted by Gasteiger charge is 2.29. The van der Waals surface area contributed by atoms with E-state index in [0.29, 0.717) is 38.2 Å². The van der Waals surface area contributed by atoms with Gasteiger partial charge in [-0.2, -0.15) is 5.10 Å². The van der Waals surface area contributed by atoms with Crippen LogP contribution in [0.3, 0.4) is 0 Å². The molecular formula is C24H32N4O4. The van der Waals surface area contributed by atoms with Crippen molar-refractivity contribution in [3.8, 4) is 5.75 Å². The van der Waals surface area contributed by atoms with Crippen LogP contribution in [0.25, 0.3) is 5.57 Å². The molecule has 8 nitrogen and oxygen atoms in total. The third-order valence-electron chi connectivity index (χ3n) is 5.12. The molecule has 0 unspecified atom stereocenters. The Hall–Kier alpha value is -3.16. The molecule has 32 heavy (non-hydrogen) atoms. The molecule has 0 saturated heterocycles. The Morgan fingerprint density at radius 1 is 1.25 bits per heavy atom. The van der Waals surface area contributed by atoms with Gasteiger partial charge in [-0.25, -0.2) is 9.78 Å². The molecule has 1 aliphatic rings. The van der Waals surface area contributed by atoms with Crippen LogP contribution < -0.4 is 4.74 Å². The first-order valence-corrected chi connectivity index (χ1v) is 10.9. The average Bonchev–Trinajstić information content (AvgIpc) is 3.21. The van der Waals surface area contributed by atoms with Gasteiger partial charge in [0.05, 0.1) is 12.2 Å². The van der Waals surface area contributed by atoms with Crippen molar-refractivity contribution in [2.75, 3.05) is 19.7 Å². The predicted molar refractivity (Wildman–Crippen MR) is 122 cm³/mol. The van der Waals surface area contributed by atoms with Gasteiger partial charge in [0.2, 0.25) is 0 Å². The fourth-order valence-electron chi connectivity index (χ4n) is 3.61. The molecule has 0 N–H and O–H groups in total. The summed E-state index contributed by atoms with van der Waals surface area (Å²) >= 11 is 0. The maximum Gasteiger partial charge on any atom is 0.410 e. The highest BCUT2D eigenvalue weighted by Crippen LogP contribution is 2.30. The Balaban J connectivity index is 1.91. The van der Waals surface area contributed by atoms with Crippen molar-refractivity contribution in [1.82, 2.24) is 19.7 Å². The lowest BCUT2D eigenvalue weighted by molar-refractivity contribution is 0.0268. The van der Waals surface area contributed by atoms with Crippen LogP contribution in [0.5, 0.6) is 5.75 Å². The zero-order valence-electron chi connectivity index (χ0n) is 19.7. The summed E-state index contributed by atoms with van der Waals surface area (Å²) in [7, 11) is 0. The Bertz CT molecular complexity index is 1020. The third-order valence-corrected chi connectivity index (χ3v) is 5.12. The van der Waals surface area contributed by atoms with Crippen molar-refractivity contribution >= 4 is 18.0 Å². The molecule has 3 rings (SSSR count). The van der Waals surface area contributed by atoms with Crippen molar-refractivity contribution in [2.24, 2.45) is 0 Å². The van der Waals surface area contributed by atoms with E-state index in [4.69, 9.17) is 9.47 Å². The minimum Gasteiger partial charge on any atom is -0.487 e. The lowest BCUT2D eigenvalue weighted by Crippen LogP contribution is -2.41. The Morgan fingerprint density at radius 2 is 2.00 bits per heavy atom. The highest BCUT2D eigenvalue weighted by atomic mass is 16.6. The number of hydrogen-bond donors (Lipinski definition) is 0. The Labute approximate surface area is 189 Å². The summed E-state index contributed by atoms with van der Waals surface area (Å²) in [5.41, 5.74) is 3.47. The van der Waals surface area contributed by atoms with Crippen LogP contribution in [-0.4, -0.2) is 57.3 Å². The first kappa shape index (κ1) is 23.5. The van der Waals surface area contributed by atoms with Gasteiger partial charge < -0.3 is 14.4 Å². The summed E-state index contributed by atoms with van der Waals surface area (Å²) in [6.07, 6.45) is 2.77. The first-order valence-electron chi connectivity index (χ1n) is 10.9. The number of pyridine rings is 1. The molecule has 1 aliphatic heterocycles. The summed E-state index contributed by atoms with van der Waals surface area (Å²) in [5, 5.41) is 4.46. The summed E-state index contributed by atoms with van der Waals surface area (Å²) in [5.74, 6) is 0.449. The number of aldehydes is 1. The van der Waals surface area contributed by atoms with Gasteiger partial charge in [0.15, 0.2) is 6.29 Å². The van der Waals surface area contributed by atoms with Crippen molar-refractivity contribution in [1.29, 1.82) is 0 Å². The molecule has 3 heterocycles. The third kappa shape index (κ3) is 5.55. The van der Waals surface area contributed by atoms with Crippen molar-refractivity contribution in [2.45, 2.75) is 59.6 Å². The summed E-state index contributed by atoms with van der Waals surface area (Å²) in [4.78, 5) is 30.1. The molecule has 2 aromatic heterocycles. The smallest absolute Gasteiger partial charge is 0.410 e. The first-order chi connectivity index (χ1) is 15.1. The van der Waals surface area contributed by atoms with E-state index < -0.39 is 5.60 Å². The summed E-state index contributed by atoms with van der Waals surface area (Å²) in [6.45, 7) is 12.8. The summed E-state index contributed by atoms with van der Waals surface area (Å²) < 4.78 is 13.5. The molecule has 0 aromatic carbocycles. The minimum absolute atomic E-state index is 0.162. The minimum atomic E-state index is -0.562. The number of rotatable bonds is 6. The summed E-state index contributed by atoms with van der Waals surface area (Å²) in [6, 6.07) is 5.70. The molecule has 0 spiro atoms. The van der Waals surface area contributed by atoms with E-state index in [2.05, 4.69) is 23.9 Å². The van der Waals surface area contributed by atoms with E-state index in [9.17, 15) is 9.59 Å². The van der Waals surface area contributed by atoms with Crippen LogP contribution in [0.1, 0.15) is 69.0 Å². The maximum absolute atomic E-state index is 12.7. The number of amides is 1. The Morgan fingerprint density at radius 3 is 2.66 bits per heavy atom. The standard InChI is InChI=1S/C24H32N4O4/c1-16(2)28-21(9-11-25-28)19-13-27(23(30)32-24(4,5)6)12-10-18(19)15-31-22-8-7-17(3)26-20(22)14-29/h7-9,11,14,16H,10,12-13,15H2,1-6H3. The lowest BCUT2D eigenvalue weighted by atomic mass is 9.97. The number of aryl methyl sites for hydroxylation is 1. The quantitative estimate of drug-likeness (QED) is 0.617. The number of ether oxygens (including phenoxy) is 2. The largest absolute Gasteiger partial charge is 0.487 e. The van der Waals surface area contributed by atoms with Gasteiger partial charge in [0, 0.05) is 24.5 Å². The molecule has 8 heteroatoms. The van der Waals surface area contributed by atoms with Crippen molar-refractivity contribution < 1.29 is 19.1 Å². The van der Waals surface area contributed by atoms with Gasteiger partial charge in [-0.1, -0.05) is 0 Å². The number of hydrogen-bond acceptors (Lipinski definition) is 6. The van der Waals surface area contributed by atoms with E-state index in [-0.39, 0.29) is 17.8 Å². The predicted octanol–water partition coefficient (Wildman–Crippen LogP) is 4.45. The zero-order valence-corrected chi connectivity index (χ0v) is 19.7. The van der Waals surface area contributed by atoms with Crippen LogP contribution >= 0.6 is 0 Å². The van der Waals surface area contributed by atoms with Crippen LogP contribution in [-0.2, 0) is 4.74 Å². The van der Waals surface area contributed by atoms with Crippen LogP contribution in [0.4, 0.5) is 4.79 Å². The fraction of sp³-hybridized carbons (Fsp3) is 0.500. The number of nitrogens with zero attached hydrogens (tertiary/aromatic N) is 4. The molecule has 172 valence electrons. The van der Waals surface area contributed by atoms with Gasteiger partial charge in [0.25, 0.3) is 0 Å². The second kappa shape index (κ2) is 9.54.